The molecule has 1 amide bonds. The number of rotatable bonds is 7. The van der Waals surface area contributed by atoms with E-state index in [1.54, 1.807) is 34.2 Å². The van der Waals surface area contributed by atoms with Gasteiger partial charge in [-0.1, -0.05) is 0 Å². The Balaban J connectivity index is 2.07. The highest BCUT2D eigenvalue weighted by Crippen LogP contribution is 2.12. The summed E-state index contributed by atoms with van der Waals surface area (Å²) in [6.45, 7) is 6.12. The topological polar surface area (TPSA) is 60.3 Å². The van der Waals surface area contributed by atoms with E-state index in [9.17, 15) is 4.79 Å². The van der Waals surface area contributed by atoms with Gasteiger partial charge in [-0.3, -0.25) is 9.48 Å². The first-order valence-corrected chi connectivity index (χ1v) is 7.75. The van der Waals surface area contributed by atoms with Crippen LogP contribution in [-0.4, -0.2) is 45.8 Å². The Bertz CT molecular complexity index is 580. The van der Waals surface area contributed by atoms with Crippen molar-refractivity contribution in [3.05, 3.63) is 34.0 Å². The average Bonchev–Trinajstić information content (AvgIpc) is 3.08. The molecular formula is C14H20N4O2S. The SMILES string of the molecule is CCOCCn1nc(C)cc1C(=O)N(C)Cc1nccs1. The summed E-state index contributed by atoms with van der Waals surface area (Å²) in [6, 6.07) is 1.81. The largest absolute Gasteiger partial charge is 0.380 e. The highest BCUT2D eigenvalue weighted by atomic mass is 32.1. The van der Waals surface area contributed by atoms with Crippen LogP contribution in [0.25, 0.3) is 0 Å². The maximum Gasteiger partial charge on any atom is 0.272 e. The molecule has 0 aliphatic heterocycles. The summed E-state index contributed by atoms with van der Waals surface area (Å²) in [7, 11) is 1.78. The maximum atomic E-state index is 12.5. The second-order valence-electron chi connectivity index (χ2n) is 4.68. The van der Waals surface area contributed by atoms with E-state index >= 15 is 0 Å². The van der Waals surface area contributed by atoms with Crippen LogP contribution in [0.2, 0.25) is 0 Å². The number of hydrogen-bond donors (Lipinski definition) is 0. The Morgan fingerprint density at radius 2 is 2.33 bits per heavy atom. The first kappa shape index (κ1) is 15.7. The molecule has 0 aliphatic rings. The number of amides is 1. The van der Waals surface area contributed by atoms with E-state index in [2.05, 4.69) is 10.1 Å². The standard InChI is InChI=1S/C14H20N4O2S/c1-4-20-7-6-18-12(9-11(2)16-18)14(19)17(3)10-13-15-5-8-21-13/h5,8-9H,4,6-7,10H2,1-3H3. The van der Waals surface area contributed by atoms with Gasteiger partial charge in [0.2, 0.25) is 0 Å². The summed E-state index contributed by atoms with van der Waals surface area (Å²) < 4.78 is 7.05. The molecule has 0 N–H and O–H groups in total. The van der Waals surface area contributed by atoms with Crippen molar-refractivity contribution in [3.8, 4) is 0 Å². The molecule has 0 saturated heterocycles. The van der Waals surface area contributed by atoms with Crippen molar-refractivity contribution in [1.29, 1.82) is 0 Å². The second kappa shape index (κ2) is 7.33. The van der Waals surface area contributed by atoms with Crippen LogP contribution in [0, 0.1) is 6.92 Å². The van der Waals surface area contributed by atoms with Crippen molar-refractivity contribution >= 4 is 17.2 Å². The predicted molar refractivity (Wildman–Crippen MR) is 81.4 cm³/mol. The minimum absolute atomic E-state index is 0.0534. The van der Waals surface area contributed by atoms with Crippen molar-refractivity contribution in [2.24, 2.45) is 0 Å². The Kier molecular flexibility index (Phi) is 5.46. The minimum atomic E-state index is -0.0534. The van der Waals surface area contributed by atoms with Crippen LogP contribution in [0.5, 0.6) is 0 Å². The Labute approximate surface area is 128 Å². The molecule has 0 bridgehead atoms. The summed E-state index contributed by atoms with van der Waals surface area (Å²) in [4.78, 5) is 18.4. The molecule has 0 spiro atoms. The summed E-state index contributed by atoms with van der Waals surface area (Å²) in [6.07, 6.45) is 1.74. The van der Waals surface area contributed by atoms with Gasteiger partial charge >= 0.3 is 0 Å². The molecule has 0 radical (unpaired) electrons. The number of nitrogens with zero attached hydrogens (tertiary/aromatic N) is 4. The molecule has 0 fully saturated rings. The zero-order chi connectivity index (χ0) is 15.2. The van der Waals surface area contributed by atoms with Crippen molar-refractivity contribution in [1.82, 2.24) is 19.7 Å². The fourth-order valence-corrected chi connectivity index (χ4v) is 2.65. The highest BCUT2D eigenvalue weighted by Gasteiger charge is 2.18. The van der Waals surface area contributed by atoms with Crippen molar-refractivity contribution in [3.63, 3.8) is 0 Å². The Hall–Kier alpha value is -1.73. The molecule has 0 atom stereocenters. The molecule has 0 saturated carbocycles. The first-order chi connectivity index (χ1) is 10.1. The molecule has 2 rings (SSSR count). The first-order valence-electron chi connectivity index (χ1n) is 6.87. The van der Waals surface area contributed by atoms with Gasteiger partial charge in [0.15, 0.2) is 0 Å². The van der Waals surface area contributed by atoms with Gasteiger partial charge in [-0.2, -0.15) is 5.10 Å². The molecule has 114 valence electrons. The molecule has 21 heavy (non-hydrogen) atoms. The number of carbonyl (C=O) groups excluding carboxylic acids is 1. The smallest absolute Gasteiger partial charge is 0.272 e. The van der Waals surface area contributed by atoms with E-state index in [1.165, 1.54) is 0 Å². The third kappa shape index (κ3) is 4.12. The summed E-state index contributed by atoms with van der Waals surface area (Å²) >= 11 is 1.54. The van der Waals surface area contributed by atoms with E-state index in [-0.39, 0.29) is 5.91 Å². The number of ether oxygens (including phenoxy) is 1. The van der Waals surface area contributed by atoms with Gasteiger partial charge in [-0.15, -0.1) is 11.3 Å². The molecule has 6 nitrogen and oxygen atoms in total. The lowest BCUT2D eigenvalue weighted by Gasteiger charge is -2.16. The van der Waals surface area contributed by atoms with E-state index in [4.69, 9.17) is 4.74 Å². The van der Waals surface area contributed by atoms with E-state index in [0.29, 0.717) is 32.0 Å². The zero-order valence-corrected chi connectivity index (χ0v) is 13.4. The molecule has 2 heterocycles. The lowest BCUT2D eigenvalue weighted by Crippen LogP contribution is -2.29. The molecular weight excluding hydrogens is 288 g/mol. The second-order valence-corrected chi connectivity index (χ2v) is 5.66. The van der Waals surface area contributed by atoms with Gasteiger partial charge in [-0.05, 0) is 19.9 Å². The van der Waals surface area contributed by atoms with Gasteiger partial charge in [0.25, 0.3) is 5.91 Å². The van der Waals surface area contributed by atoms with Gasteiger partial charge in [0.05, 0.1) is 25.4 Å². The lowest BCUT2D eigenvalue weighted by molar-refractivity contribution is 0.0767. The van der Waals surface area contributed by atoms with Crippen molar-refractivity contribution in [2.45, 2.75) is 26.9 Å². The van der Waals surface area contributed by atoms with E-state index in [1.807, 2.05) is 25.3 Å². The molecule has 7 heteroatoms. The van der Waals surface area contributed by atoms with Gasteiger partial charge < -0.3 is 9.64 Å². The number of aromatic nitrogens is 3. The molecule has 2 aromatic rings. The third-order valence-electron chi connectivity index (χ3n) is 2.98. The van der Waals surface area contributed by atoms with Crippen LogP contribution in [0.1, 0.15) is 28.1 Å². The van der Waals surface area contributed by atoms with E-state index in [0.717, 1.165) is 10.7 Å². The fraction of sp³-hybridized carbons (Fsp3) is 0.500. The van der Waals surface area contributed by atoms with Crippen molar-refractivity contribution in [2.75, 3.05) is 20.3 Å². The quantitative estimate of drug-likeness (QED) is 0.734. The summed E-state index contributed by atoms with van der Waals surface area (Å²) in [5.74, 6) is -0.0534. The molecule has 0 unspecified atom stereocenters. The Morgan fingerprint density at radius 3 is 3.00 bits per heavy atom. The zero-order valence-electron chi connectivity index (χ0n) is 12.6. The molecule has 2 aromatic heterocycles. The fourth-order valence-electron chi connectivity index (χ4n) is 1.98. The van der Waals surface area contributed by atoms with Crippen LogP contribution in [0.3, 0.4) is 0 Å². The van der Waals surface area contributed by atoms with Crippen LogP contribution in [0.15, 0.2) is 17.6 Å². The summed E-state index contributed by atoms with van der Waals surface area (Å²) in [5, 5.41) is 7.19. The van der Waals surface area contributed by atoms with Gasteiger partial charge in [0.1, 0.15) is 10.7 Å². The van der Waals surface area contributed by atoms with E-state index < -0.39 is 0 Å². The van der Waals surface area contributed by atoms with Crippen LogP contribution >= 0.6 is 11.3 Å². The van der Waals surface area contributed by atoms with Gasteiger partial charge in [-0.25, -0.2) is 4.98 Å². The molecule has 0 aromatic carbocycles. The number of aryl methyl sites for hydroxylation is 1. The lowest BCUT2D eigenvalue weighted by atomic mass is 10.3. The average molecular weight is 308 g/mol. The van der Waals surface area contributed by atoms with Crippen LogP contribution in [-0.2, 0) is 17.8 Å². The van der Waals surface area contributed by atoms with Crippen LogP contribution in [0.4, 0.5) is 0 Å². The monoisotopic (exact) mass is 308 g/mol. The predicted octanol–water partition coefficient (Wildman–Crippen LogP) is 1.96. The number of thiazole rings is 1. The highest BCUT2D eigenvalue weighted by molar-refractivity contribution is 7.09. The number of hydrogen-bond acceptors (Lipinski definition) is 5. The number of carbonyl (C=O) groups is 1. The minimum Gasteiger partial charge on any atom is -0.380 e. The Morgan fingerprint density at radius 1 is 1.52 bits per heavy atom. The van der Waals surface area contributed by atoms with Crippen LogP contribution < -0.4 is 0 Å². The summed E-state index contributed by atoms with van der Waals surface area (Å²) in [5.41, 5.74) is 1.42. The maximum absolute atomic E-state index is 12.5. The van der Waals surface area contributed by atoms with Gasteiger partial charge in [0, 0.05) is 25.2 Å². The normalized spacial score (nSPS) is 10.8. The van der Waals surface area contributed by atoms with Crippen molar-refractivity contribution < 1.29 is 9.53 Å². The third-order valence-corrected chi connectivity index (χ3v) is 3.74. The molecule has 0 aliphatic carbocycles.